The van der Waals surface area contributed by atoms with Crippen LogP contribution in [0.25, 0.3) is 45.0 Å². The van der Waals surface area contributed by atoms with E-state index < -0.39 is 0 Å². The maximum atomic E-state index is 4.71. The lowest BCUT2D eigenvalue weighted by molar-refractivity contribution is 0.393. The third-order valence-corrected chi connectivity index (χ3v) is 8.88. The average molecular weight is 562 g/mol. The van der Waals surface area contributed by atoms with Gasteiger partial charge in [-0.1, -0.05) is 51.2 Å². The van der Waals surface area contributed by atoms with Crippen LogP contribution >= 0.6 is 11.3 Å². The molecule has 0 atom stereocenters. The molecule has 41 heavy (non-hydrogen) atoms. The first kappa shape index (κ1) is 28.4. The van der Waals surface area contributed by atoms with Crippen LogP contribution in [0.2, 0.25) is 0 Å². The summed E-state index contributed by atoms with van der Waals surface area (Å²) in [4.78, 5) is 10.6. The van der Waals surface area contributed by atoms with Gasteiger partial charge in [0.2, 0.25) is 0 Å². The van der Waals surface area contributed by atoms with Gasteiger partial charge in [0, 0.05) is 43.5 Å². The van der Waals surface area contributed by atoms with E-state index in [1.54, 1.807) is 11.3 Å². The van der Waals surface area contributed by atoms with E-state index in [-0.39, 0.29) is 0 Å². The van der Waals surface area contributed by atoms with E-state index in [2.05, 4.69) is 89.5 Å². The van der Waals surface area contributed by atoms with Crippen LogP contribution in [0.4, 0.5) is 0 Å². The zero-order valence-corrected chi connectivity index (χ0v) is 25.1. The summed E-state index contributed by atoms with van der Waals surface area (Å²) in [5.74, 6) is 0.516. The number of aryl methyl sites for hydroxylation is 1. The summed E-state index contributed by atoms with van der Waals surface area (Å²) in [6.07, 6.45) is 18.3. The number of H-pyrrole nitrogens is 2. The van der Waals surface area contributed by atoms with Crippen molar-refractivity contribution >= 4 is 34.5 Å². The molecule has 0 aromatic carbocycles. The van der Waals surface area contributed by atoms with Gasteiger partial charge in [-0.25, -0.2) is 4.98 Å². The zero-order chi connectivity index (χ0) is 28.9. The monoisotopic (exact) mass is 561 g/mol. The molecular weight excluding hydrogens is 522 g/mol. The molecule has 6 heteroatoms. The van der Waals surface area contributed by atoms with Crippen molar-refractivity contribution in [3.05, 3.63) is 106 Å². The van der Waals surface area contributed by atoms with Crippen LogP contribution < -0.4 is 15.9 Å². The molecule has 1 fully saturated rings. The Hall–Kier alpha value is -4.16. The Balaban J connectivity index is 1.49. The molecule has 1 aliphatic carbocycles. The standard InChI is InChI=1S/C35H39N5S/c1-7-25(20-27(8-2)37-24(6)26-13-11-10-12-14-26)22(4)19-30-31(9-3)39-40-34(30)32-21-29-28(17-18-36-35(29)38-32)33-16-15-23(5)41-33/h7-9,15-21,26,37,39H,2,4,6,10-14H2,1,3,5H3,(H,36,38)/b25-7+,27-20+,30-19+,31-9+. The lowest BCUT2D eigenvalue weighted by Gasteiger charge is -2.25. The molecule has 1 aliphatic rings. The molecular formula is C35H39N5S. The van der Waals surface area contributed by atoms with Gasteiger partial charge in [0.1, 0.15) is 11.3 Å². The van der Waals surface area contributed by atoms with Gasteiger partial charge in [-0.15, -0.1) is 11.3 Å². The molecule has 5 rings (SSSR count). The SMILES string of the molecule is C=C/C(=C\C(=C/C)C(=C)/C=c1/c(-c2cc3c(-c4ccc(C)s4)ccnc3[nH]2)n[nH]/c1=C/C)NC(=C)C1CCCCC1. The fourth-order valence-electron chi connectivity index (χ4n) is 5.56. The van der Waals surface area contributed by atoms with Crippen molar-refractivity contribution < 1.29 is 0 Å². The Morgan fingerprint density at radius 3 is 2.61 bits per heavy atom. The third-order valence-electron chi connectivity index (χ3n) is 7.85. The second-order valence-electron chi connectivity index (χ2n) is 10.6. The van der Waals surface area contributed by atoms with Crippen LogP contribution in [0.3, 0.4) is 0 Å². The molecule has 4 aromatic heterocycles. The fourth-order valence-corrected chi connectivity index (χ4v) is 6.46. The molecule has 0 saturated heterocycles. The van der Waals surface area contributed by atoms with Gasteiger partial charge in [-0.2, -0.15) is 5.10 Å². The highest BCUT2D eigenvalue weighted by molar-refractivity contribution is 7.15. The van der Waals surface area contributed by atoms with E-state index in [0.717, 1.165) is 55.5 Å². The number of hydrogen-bond acceptors (Lipinski definition) is 4. The second-order valence-corrected chi connectivity index (χ2v) is 11.9. The van der Waals surface area contributed by atoms with Crippen molar-refractivity contribution in [3.63, 3.8) is 0 Å². The number of fused-ring (bicyclic) bond motifs is 1. The van der Waals surface area contributed by atoms with Crippen molar-refractivity contribution in [3.8, 4) is 21.8 Å². The minimum Gasteiger partial charge on any atom is -0.359 e. The highest BCUT2D eigenvalue weighted by atomic mass is 32.1. The summed E-state index contributed by atoms with van der Waals surface area (Å²) < 4.78 is 0. The summed E-state index contributed by atoms with van der Waals surface area (Å²) in [7, 11) is 0. The predicted octanol–water partition coefficient (Wildman–Crippen LogP) is 7.83. The highest BCUT2D eigenvalue weighted by Gasteiger charge is 2.17. The summed E-state index contributed by atoms with van der Waals surface area (Å²) in [6.45, 7) is 19.0. The average Bonchev–Trinajstić information content (AvgIpc) is 3.73. The van der Waals surface area contributed by atoms with Gasteiger partial charge in [0.05, 0.1) is 11.0 Å². The Labute approximate surface area is 246 Å². The van der Waals surface area contributed by atoms with Crippen LogP contribution in [-0.2, 0) is 0 Å². The fraction of sp³-hybridized carbons (Fsp3) is 0.257. The Morgan fingerprint density at radius 2 is 1.93 bits per heavy atom. The quantitative estimate of drug-likeness (QED) is 0.182. The summed E-state index contributed by atoms with van der Waals surface area (Å²) in [5.41, 5.74) is 7.64. The Morgan fingerprint density at radius 1 is 1.12 bits per heavy atom. The number of aromatic amines is 2. The van der Waals surface area contributed by atoms with Crippen molar-refractivity contribution in [2.45, 2.75) is 52.9 Å². The number of aromatic nitrogens is 4. The molecule has 4 aromatic rings. The minimum atomic E-state index is 0.516. The molecule has 0 bridgehead atoms. The molecule has 0 amide bonds. The van der Waals surface area contributed by atoms with E-state index in [0.29, 0.717) is 5.92 Å². The zero-order valence-electron chi connectivity index (χ0n) is 24.3. The minimum absolute atomic E-state index is 0.516. The van der Waals surface area contributed by atoms with Crippen molar-refractivity contribution in [2.24, 2.45) is 5.92 Å². The molecule has 5 nitrogen and oxygen atoms in total. The largest absolute Gasteiger partial charge is 0.359 e. The van der Waals surface area contributed by atoms with Crippen molar-refractivity contribution in [2.75, 3.05) is 0 Å². The molecule has 4 heterocycles. The lowest BCUT2D eigenvalue weighted by atomic mass is 9.87. The van der Waals surface area contributed by atoms with E-state index in [4.69, 9.17) is 5.10 Å². The highest BCUT2D eigenvalue weighted by Crippen LogP contribution is 2.34. The summed E-state index contributed by atoms with van der Waals surface area (Å²) in [6, 6.07) is 8.55. The maximum absolute atomic E-state index is 4.71. The van der Waals surface area contributed by atoms with E-state index in [1.165, 1.54) is 47.4 Å². The molecule has 0 unspecified atom stereocenters. The predicted molar refractivity (Wildman–Crippen MR) is 176 cm³/mol. The van der Waals surface area contributed by atoms with Crippen LogP contribution in [0.5, 0.6) is 0 Å². The van der Waals surface area contributed by atoms with Crippen LogP contribution in [0.15, 0.2) is 91.0 Å². The number of hydrogen-bond donors (Lipinski definition) is 3. The third kappa shape index (κ3) is 6.13. The van der Waals surface area contributed by atoms with Crippen molar-refractivity contribution in [1.29, 1.82) is 0 Å². The molecule has 0 radical (unpaired) electrons. The van der Waals surface area contributed by atoms with Crippen molar-refractivity contribution in [1.82, 2.24) is 25.5 Å². The first-order chi connectivity index (χ1) is 19.9. The number of thiophene rings is 1. The topological polar surface area (TPSA) is 69.4 Å². The van der Waals surface area contributed by atoms with Gasteiger partial charge < -0.3 is 10.3 Å². The first-order valence-corrected chi connectivity index (χ1v) is 15.2. The molecule has 210 valence electrons. The summed E-state index contributed by atoms with van der Waals surface area (Å²) >= 11 is 1.79. The summed E-state index contributed by atoms with van der Waals surface area (Å²) in [5, 5.41) is 14.4. The second kappa shape index (κ2) is 12.6. The Kier molecular flexibility index (Phi) is 8.70. The number of nitrogens with one attached hydrogen (secondary N) is 3. The van der Waals surface area contributed by atoms with Crippen LogP contribution in [-0.4, -0.2) is 20.2 Å². The molecule has 0 spiro atoms. The lowest BCUT2D eigenvalue weighted by Crippen LogP contribution is -2.24. The van der Waals surface area contributed by atoms with Gasteiger partial charge in [0.15, 0.2) is 0 Å². The van der Waals surface area contributed by atoms with Gasteiger partial charge in [-0.05, 0) is 93.2 Å². The van der Waals surface area contributed by atoms with E-state index >= 15 is 0 Å². The molecule has 3 N–H and O–H groups in total. The number of allylic oxidation sites excluding steroid dienone is 6. The van der Waals surface area contributed by atoms with Gasteiger partial charge in [0.25, 0.3) is 0 Å². The number of nitrogens with zero attached hydrogens (tertiary/aromatic N) is 2. The van der Waals surface area contributed by atoms with Crippen LogP contribution in [0, 0.1) is 12.8 Å². The van der Waals surface area contributed by atoms with Gasteiger partial charge >= 0.3 is 0 Å². The number of pyridine rings is 1. The van der Waals surface area contributed by atoms with E-state index in [9.17, 15) is 0 Å². The normalized spacial score (nSPS) is 16.0. The van der Waals surface area contributed by atoms with E-state index in [1.807, 2.05) is 32.2 Å². The molecule has 1 saturated carbocycles. The maximum Gasteiger partial charge on any atom is 0.138 e. The molecule has 0 aliphatic heterocycles. The number of rotatable bonds is 9. The van der Waals surface area contributed by atoms with Gasteiger partial charge in [-0.3, -0.25) is 5.10 Å². The first-order valence-electron chi connectivity index (χ1n) is 14.3. The van der Waals surface area contributed by atoms with Crippen LogP contribution in [0.1, 0.15) is 50.8 Å². The smallest absolute Gasteiger partial charge is 0.138 e. The Bertz CT molecular complexity index is 1780.